The van der Waals surface area contributed by atoms with E-state index >= 15 is 0 Å². The number of halogens is 4. The summed E-state index contributed by atoms with van der Waals surface area (Å²) in [5.41, 5.74) is 5.49. The first-order chi connectivity index (χ1) is 15.4. The van der Waals surface area contributed by atoms with Crippen molar-refractivity contribution in [2.45, 2.75) is 0 Å². The summed E-state index contributed by atoms with van der Waals surface area (Å²) in [6.07, 6.45) is 0. The second kappa shape index (κ2) is 12.0. The molecule has 0 aliphatic heterocycles. The number of hydrogen-bond acceptors (Lipinski definition) is 6. The summed E-state index contributed by atoms with van der Waals surface area (Å²) >= 11 is 0. The molecule has 0 unspecified atom stereocenters. The van der Waals surface area contributed by atoms with Crippen molar-refractivity contribution in [1.82, 2.24) is 46.2 Å². The van der Waals surface area contributed by atoms with Gasteiger partial charge in [0.1, 0.15) is 33.1 Å². The van der Waals surface area contributed by atoms with Gasteiger partial charge in [-0.25, -0.2) is 0 Å². The number of rotatable bonds is 0. The zero-order valence-corrected chi connectivity index (χ0v) is 20.7. The van der Waals surface area contributed by atoms with Crippen LogP contribution in [-0.4, -0.2) is 46.2 Å². The van der Waals surface area contributed by atoms with Crippen LogP contribution in [-0.2, 0) is 10.8 Å². The zero-order valence-electron chi connectivity index (χ0n) is 16.0. The van der Waals surface area contributed by atoms with Crippen LogP contribution in [0.15, 0.2) is 72.8 Å². The second-order valence-electron chi connectivity index (χ2n) is 5.74. The smallest absolute Gasteiger partial charge is 0.112 e. The van der Waals surface area contributed by atoms with Gasteiger partial charge in [0, 0.05) is 0 Å². The minimum atomic E-state index is -2.97. The van der Waals surface area contributed by atoms with Crippen LogP contribution >= 0.6 is 38.8 Å². The Balaban J connectivity index is 0.000000123. The topological polar surface area (TPSA) is 125 Å². The Labute approximate surface area is 200 Å². The van der Waals surface area contributed by atoms with Crippen molar-refractivity contribution in [1.29, 1.82) is 0 Å². The maximum absolute atomic E-state index is 5.00. The number of nitrogens with one attached hydrogen (secondary N) is 3. The van der Waals surface area contributed by atoms with Gasteiger partial charge in [0.05, 0.1) is 0 Å². The van der Waals surface area contributed by atoms with Crippen molar-refractivity contribution in [3.63, 3.8) is 0 Å². The fraction of sp³-hybridized carbons (Fsp3) is 0. The van der Waals surface area contributed by atoms with E-state index in [1.165, 1.54) is 0 Å². The van der Waals surface area contributed by atoms with Gasteiger partial charge < -0.3 is 0 Å². The van der Waals surface area contributed by atoms with Gasteiger partial charge in [0.2, 0.25) is 0 Å². The molecule has 32 heavy (non-hydrogen) atoms. The molecule has 0 aliphatic rings. The van der Waals surface area contributed by atoms with Gasteiger partial charge in [-0.1, -0.05) is 36.4 Å². The standard InChI is InChI=1S/3C6H5N3.4ClH.Ru/c3*1-2-4-6-5(3-1)7-9-8-6;;;;;/h3*1-4H,(H,7,8,9);4*1H;/q;;;;;;;+3/p-4. The SMILES string of the molecule is [Cl][Ru-]([Cl])([Cl])[Cl].c1ccc2n[nH]nc2c1.c1ccc2n[nH]nc2c1.c1ccc2n[nH]nc2c1. The first-order valence-corrected chi connectivity index (χ1v) is 17.7. The Morgan fingerprint density at radius 1 is 0.406 bits per heavy atom. The van der Waals surface area contributed by atoms with E-state index in [-0.39, 0.29) is 0 Å². The maximum atomic E-state index is 5.00. The summed E-state index contributed by atoms with van der Waals surface area (Å²) in [6, 6.07) is 23.1. The van der Waals surface area contributed by atoms with Gasteiger partial charge in [0.15, 0.2) is 0 Å². The monoisotopic (exact) mass is 599 g/mol. The summed E-state index contributed by atoms with van der Waals surface area (Å²) in [6.45, 7) is 0. The maximum Gasteiger partial charge on any atom is 0.112 e. The normalized spacial score (nSPS) is 11.0. The van der Waals surface area contributed by atoms with Crippen LogP contribution in [0.4, 0.5) is 0 Å². The van der Waals surface area contributed by atoms with Gasteiger partial charge in [-0.15, -0.1) is 0 Å². The van der Waals surface area contributed by atoms with Gasteiger partial charge >= 0.3 is 49.6 Å². The molecule has 3 N–H and O–H groups in total. The molecule has 0 saturated heterocycles. The predicted molar refractivity (Wildman–Crippen MR) is 125 cm³/mol. The molecule has 3 heterocycles. The number of aromatic nitrogens is 9. The molecule has 0 aliphatic carbocycles. The summed E-state index contributed by atoms with van der Waals surface area (Å²) in [4.78, 5) is 0. The minimum Gasteiger partial charge on any atom is -0.197 e. The van der Waals surface area contributed by atoms with Crippen LogP contribution in [0.1, 0.15) is 0 Å². The van der Waals surface area contributed by atoms with E-state index in [4.69, 9.17) is 38.8 Å². The molecule has 0 atom stereocenters. The predicted octanol–water partition coefficient (Wildman–Crippen LogP) is 5.63. The summed E-state index contributed by atoms with van der Waals surface area (Å²) in [5.74, 6) is 0. The third-order valence-corrected chi connectivity index (χ3v) is 3.67. The molecule has 0 radical (unpaired) electrons. The molecule has 6 rings (SSSR count). The van der Waals surface area contributed by atoms with E-state index in [0.717, 1.165) is 33.1 Å². The van der Waals surface area contributed by atoms with Crippen LogP contribution in [0, 0.1) is 0 Å². The van der Waals surface area contributed by atoms with Crippen molar-refractivity contribution < 1.29 is 10.8 Å². The number of aromatic amines is 3. The van der Waals surface area contributed by atoms with E-state index in [0.29, 0.717) is 0 Å². The zero-order chi connectivity index (χ0) is 22.8. The third kappa shape index (κ3) is 8.29. The van der Waals surface area contributed by atoms with Crippen LogP contribution < -0.4 is 0 Å². The first-order valence-electron chi connectivity index (χ1n) is 8.70. The van der Waals surface area contributed by atoms with Gasteiger partial charge in [-0.2, -0.15) is 46.2 Å². The summed E-state index contributed by atoms with van der Waals surface area (Å²) in [7, 11) is 17.0. The van der Waals surface area contributed by atoms with Gasteiger partial charge in [0.25, 0.3) is 0 Å². The van der Waals surface area contributed by atoms with Crippen molar-refractivity contribution in [3.05, 3.63) is 72.8 Å². The van der Waals surface area contributed by atoms with Crippen molar-refractivity contribution in [2.75, 3.05) is 0 Å². The van der Waals surface area contributed by atoms with E-state index in [9.17, 15) is 0 Å². The molecule has 0 saturated carbocycles. The summed E-state index contributed by atoms with van der Waals surface area (Å²) in [5, 5.41) is 30.9. The molecular formula is C18H15Cl4N9Ru-. The molecule has 169 valence electrons. The quantitative estimate of drug-likeness (QED) is 0.194. The fourth-order valence-electron chi connectivity index (χ4n) is 2.36. The Kier molecular flexibility index (Phi) is 9.14. The van der Waals surface area contributed by atoms with E-state index in [1.807, 2.05) is 72.8 Å². The molecule has 6 aromatic rings. The average molecular weight is 600 g/mol. The third-order valence-electron chi connectivity index (χ3n) is 3.67. The van der Waals surface area contributed by atoms with Crippen molar-refractivity contribution in [2.24, 2.45) is 0 Å². The number of fused-ring (bicyclic) bond motifs is 3. The number of benzene rings is 3. The fourth-order valence-corrected chi connectivity index (χ4v) is 2.36. The van der Waals surface area contributed by atoms with Crippen LogP contribution in [0.3, 0.4) is 0 Å². The number of para-hydroxylation sites is 6. The Morgan fingerprint density at radius 3 is 0.719 bits per heavy atom. The Bertz CT molecular complexity index is 1110. The molecule has 0 amide bonds. The molecule has 0 spiro atoms. The first kappa shape index (κ1) is 24.3. The Morgan fingerprint density at radius 2 is 0.562 bits per heavy atom. The van der Waals surface area contributed by atoms with Crippen LogP contribution in [0.5, 0.6) is 0 Å². The van der Waals surface area contributed by atoms with E-state index < -0.39 is 10.8 Å². The van der Waals surface area contributed by atoms with Gasteiger partial charge in [-0.3, -0.25) is 0 Å². The minimum absolute atomic E-state index is 0.914. The second-order valence-corrected chi connectivity index (χ2v) is 21.6. The molecule has 3 aromatic carbocycles. The molecule has 0 fully saturated rings. The summed E-state index contributed by atoms with van der Waals surface area (Å²) < 4.78 is 0. The van der Waals surface area contributed by atoms with Crippen LogP contribution in [0.25, 0.3) is 33.1 Å². The number of hydrogen-bond donors (Lipinski definition) is 3. The molecular weight excluding hydrogens is 585 g/mol. The van der Waals surface area contributed by atoms with Crippen molar-refractivity contribution >= 4 is 71.9 Å². The number of H-pyrrole nitrogens is 3. The average Bonchev–Trinajstić information content (AvgIpc) is 3.53. The molecule has 0 bridgehead atoms. The van der Waals surface area contributed by atoms with Crippen molar-refractivity contribution in [3.8, 4) is 0 Å². The van der Waals surface area contributed by atoms with Gasteiger partial charge in [-0.05, 0) is 36.4 Å². The van der Waals surface area contributed by atoms with E-state index in [2.05, 4.69) is 46.2 Å². The number of nitrogens with zero attached hydrogens (tertiary/aromatic N) is 6. The molecule has 14 heteroatoms. The largest absolute Gasteiger partial charge is 0.197 e. The van der Waals surface area contributed by atoms with Crippen LogP contribution in [0.2, 0.25) is 0 Å². The molecule has 3 aromatic heterocycles. The Hall–Kier alpha value is -2.36. The molecule has 9 nitrogen and oxygen atoms in total. The van der Waals surface area contributed by atoms with E-state index in [1.54, 1.807) is 0 Å².